The van der Waals surface area contributed by atoms with E-state index in [1.807, 2.05) is 46.7 Å². The molecule has 3 aromatic rings. The average Bonchev–Trinajstić information content (AvgIpc) is 2.96. The van der Waals surface area contributed by atoms with Gasteiger partial charge in [-0.2, -0.15) is 10.2 Å². The standard InChI is InChI=1S/C15H11ClN4S/c16-15-18-13(12-7-10-21-14(12)19-15)20(9-4-8-17)11-5-2-1-3-6-11/h1-3,5-7,10H,4,9H2. The number of hydrogen-bond donors (Lipinski definition) is 0. The first-order chi connectivity index (χ1) is 10.3. The van der Waals surface area contributed by atoms with Crippen LogP contribution in [0.25, 0.3) is 10.2 Å². The number of hydrogen-bond acceptors (Lipinski definition) is 5. The molecule has 2 aromatic heterocycles. The maximum Gasteiger partial charge on any atom is 0.225 e. The largest absolute Gasteiger partial charge is 0.325 e. The number of fused-ring (bicyclic) bond motifs is 1. The molecule has 1 aromatic carbocycles. The zero-order chi connectivity index (χ0) is 14.7. The van der Waals surface area contributed by atoms with Crippen LogP contribution in [0.15, 0.2) is 41.8 Å². The number of thiophene rings is 1. The van der Waals surface area contributed by atoms with Crippen LogP contribution in [0.3, 0.4) is 0 Å². The fourth-order valence-corrected chi connectivity index (χ4v) is 3.12. The highest BCUT2D eigenvalue weighted by Gasteiger charge is 2.16. The van der Waals surface area contributed by atoms with E-state index in [0.717, 1.165) is 21.7 Å². The molecule has 4 nitrogen and oxygen atoms in total. The van der Waals surface area contributed by atoms with Gasteiger partial charge in [-0.05, 0) is 35.2 Å². The molecule has 0 spiro atoms. The number of benzene rings is 1. The normalized spacial score (nSPS) is 10.5. The van der Waals surface area contributed by atoms with Crippen molar-refractivity contribution in [3.63, 3.8) is 0 Å². The summed E-state index contributed by atoms with van der Waals surface area (Å²) in [7, 11) is 0. The number of rotatable bonds is 4. The van der Waals surface area contributed by atoms with Crippen molar-refractivity contribution in [1.29, 1.82) is 5.26 Å². The van der Waals surface area contributed by atoms with E-state index in [2.05, 4.69) is 16.0 Å². The molecule has 21 heavy (non-hydrogen) atoms. The van der Waals surface area contributed by atoms with Crippen LogP contribution in [-0.4, -0.2) is 16.5 Å². The monoisotopic (exact) mass is 314 g/mol. The quantitative estimate of drug-likeness (QED) is 0.670. The summed E-state index contributed by atoms with van der Waals surface area (Å²) in [5.41, 5.74) is 0.981. The number of aromatic nitrogens is 2. The summed E-state index contributed by atoms with van der Waals surface area (Å²) in [6.45, 7) is 0.554. The van der Waals surface area contributed by atoms with Gasteiger partial charge in [0.25, 0.3) is 0 Å². The van der Waals surface area contributed by atoms with Gasteiger partial charge in [0.2, 0.25) is 5.28 Å². The number of nitriles is 1. The molecule has 0 radical (unpaired) electrons. The molecule has 6 heteroatoms. The van der Waals surface area contributed by atoms with Crippen LogP contribution < -0.4 is 4.90 Å². The third kappa shape index (κ3) is 2.82. The van der Waals surface area contributed by atoms with Crippen LogP contribution in [0.2, 0.25) is 5.28 Å². The Balaban J connectivity index is 2.14. The highest BCUT2D eigenvalue weighted by Crippen LogP contribution is 2.33. The summed E-state index contributed by atoms with van der Waals surface area (Å²) in [6, 6.07) is 14.0. The van der Waals surface area contributed by atoms with Crippen molar-refractivity contribution in [2.75, 3.05) is 11.4 Å². The Kier molecular flexibility index (Phi) is 4.00. The Morgan fingerprint density at radius 3 is 2.76 bits per heavy atom. The lowest BCUT2D eigenvalue weighted by molar-refractivity contribution is 0.929. The molecule has 2 heterocycles. The predicted molar refractivity (Wildman–Crippen MR) is 86.1 cm³/mol. The van der Waals surface area contributed by atoms with E-state index in [4.69, 9.17) is 16.9 Å². The average molecular weight is 315 g/mol. The molecular formula is C15H11ClN4S. The maximum absolute atomic E-state index is 8.90. The first-order valence-corrected chi connectivity index (χ1v) is 7.65. The lowest BCUT2D eigenvalue weighted by Crippen LogP contribution is -2.19. The molecule has 0 aliphatic heterocycles. The third-order valence-electron chi connectivity index (χ3n) is 3.05. The molecular weight excluding hydrogens is 304 g/mol. The SMILES string of the molecule is N#CCCN(c1ccccc1)c1nc(Cl)nc2sccc12. The minimum Gasteiger partial charge on any atom is -0.325 e. The number of nitrogens with zero attached hydrogens (tertiary/aromatic N) is 4. The zero-order valence-corrected chi connectivity index (χ0v) is 12.6. The second-order valence-electron chi connectivity index (χ2n) is 4.35. The molecule has 0 amide bonds. The molecule has 0 saturated carbocycles. The molecule has 104 valence electrons. The van der Waals surface area contributed by atoms with Gasteiger partial charge in [0.1, 0.15) is 10.6 Å². The van der Waals surface area contributed by atoms with E-state index >= 15 is 0 Å². The van der Waals surface area contributed by atoms with Crippen molar-refractivity contribution in [3.8, 4) is 6.07 Å². The lowest BCUT2D eigenvalue weighted by Gasteiger charge is -2.23. The van der Waals surface area contributed by atoms with E-state index in [1.54, 1.807) is 0 Å². The summed E-state index contributed by atoms with van der Waals surface area (Å²) >= 11 is 7.56. The van der Waals surface area contributed by atoms with Crippen LogP contribution in [0.5, 0.6) is 0 Å². The highest BCUT2D eigenvalue weighted by atomic mass is 35.5. The Labute approximate surface area is 131 Å². The molecule has 3 rings (SSSR count). The Morgan fingerprint density at radius 1 is 1.19 bits per heavy atom. The summed E-state index contributed by atoms with van der Waals surface area (Å²) in [5.74, 6) is 0.743. The maximum atomic E-state index is 8.90. The number of halogens is 1. The number of para-hydroxylation sites is 1. The van der Waals surface area contributed by atoms with E-state index < -0.39 is 0 Å². The molecule has 0 aliphatic rings. The van der Waals surface area contributed by atoms with Crippen molar-refractivity contribution in [1.82, 2.24) is 9.97 Å². The van der Waals surface area contributed by atoms with Gasteiger partial charge in [-0.15, -0.1) is 11.3 Å². The van der Waals surface area contributed by atoms with Crippen molar-refractivity contribution in [2.45, 2.75) is 6.42 Å². The van der Waals surface area contributed by atoms with E-state index in [9.17, 15) is 0 Å². The Morgan fingerprint density at radius 2 is 2.00 bits per heavy atom. The van der Waals surface area contributed by atoms with Crippen LogP contribution in [0.1, 0.15) is 6.42 Å². The van der Waals surface area contributed by atoms with Crippen molar-refractivity contribution in [3.05, 3.63) is 47.1 Å². The summed E-state index contributed by atoms with van der Waals surface area (Å²) in [4.78, 5) is 11.5. The second-order valence-corrected chi connectivity index (χ2v) is 5.58. The Hall–Kier alpha value is -2.16. The van der Waals surface area contributed by atoms with Gasteiger partial charge >= 0.3 is 0 Å². The van der Waals surface area contributed by atoms with Crippen LogP contribution in [0.4, 0.5) is 11.5 Å². The Bertz CT molecular complexity index is 794. The smallest absolute Gasteiger partial charge is 0.225 e. The van der Waals surface area contributed by atoms with Crippen LogP contribution >= 0.6 is 22.9 Å². The van der Waals surface area contributed by atoms with Crippen LogP contribution in [-0.2, 0) is 0 Å². The van der Waals surface area contributed by atoms with Gasteiger partial charge in [-0.3, -0.25) is 0 Å². The fraction of sp³-hybridized carbons (Fsp3) is 0.133. The van der Waals surface area contributed by atoms with Gasteiger partial charge in [0.05, 0.1) is 17.9 Å². The second kappa shape index (κ2) is 6.08. The fourth-order valence-electron chi connectivity index (χ4n) is 2.15. The molecule has 0 unspecified atom stereocenters. The van der Waals surface area contributed by atoms with Gasteiger partial charge in [0.15, 0.2) is 0 Å². The summed E-state index contributed by atoms with van der Waals surface area (Å²) in [5, 5.41) is 12.0. The molecule has 0 saturated heterocycles. The topological polar surface area (TPSA) is 52.8 Å². The van der Waals surface area contributed by atoms with Gasteiger partial charge in [-0.1, -0.05) is 18.2 Å². The van der Waals surface area contributed by atoms with Gasteiger partial charge in [0, 0.05) is 12.2 Å². The van der Waals surface area contributed by atoms with Gasteiger partial charge in [-0.25, -0.2) is 4.98 Å². The minimum absolute atomic E-state index is 0.220. The molecule has 0 N–H and O–H groups in total. The third-order valence-corrected chi connectivity index (χ3v) is 4.02. The predicted octanol–water partition coefficient (Wildman–Crippen LogP) is 4.40. The van der Waals surface area contributed by atoms with E-state index in [1.165, 1.54) is 11.3 Å². The zero-order valence-electron chi connectivity index (χ0n) is 11.0. The highest BCUT2D eigenvalue weighted by molar-refractivity contribution is 7.16. The minimum atomic E-state index is 0.220. The van der Waals surface area contributed by atoms with Gasteiger partial charge < -0.3 is 4.90 Å². The number of anilines is 2. The van der Waals surface area contributed by atoms with E-state index in [-0.39, 0.29) is 5.28 Å². The summed E-state index contributed by atoms with van der Waals surface area (Å²) < 4.78 is 0. The van der Waals surface area contributed by atoms with Crippen LogP contribution in [0, 0.1) is 11.3 Å². The molecule has 0 atom stereocenters. The molecule has 0 fully saturated rings. The molecule has 0 aliphatic carbocycles. The first kappa shape index (κ1) is 13.8. The van der Waals surface area contributed by atoms with E-state index in [0.29, 0.717) is 13.0 Å². The van der Waals surface area contributed by atoms with Crippen molar-refractivity contribution < 1.29 is 0 Å². The first-order valence-electron chi connectivity index (χ1n) is 6.40. The van der Waals surface area contributed by atoms with Crippen molar-refractivity contribution in [2.24, 2.45) is 0 Å². The lowest BCUT2D eigenvalue weighted by atomic mass is 10.2. The molecule has 0 bridgehead atoms. The summed E-state index contributed by atoms with van der Waals surface area (Å²) in [6.07, 6.45) is 0.405. The van der Waals surface area contributed by atoms with Crippen molar-refractivity contribution >= 4 is 44.7 Å².